The van der Waals surface area contributed by atoms with Crippen LogP contribution >= 0.6 is 0 Å². The van der Waals surface area contributed by atoms with E-state index in [9.17, 15) is 23.2 Å². The number of nitrogens with one attached hydrogen (secondary N) is 1. The highest BCUT2D eigenvalue weighted by Gasteiger charge is 2.30. The molecule has 1 aliphatic heterocycles. The van der Waals surface area contributed by atoms with Crippen LogP contribution in [0.4, 0.5) is 23.8 Å². The summed E-state index contributed by atoms with van der Waals surface area (Å²) in [5.41, 5.74) is -0.0414. The fourth-order valence-corrected chi connectivity index (χ4v) is 3.01. The highest BCUT2D eigenvalue weighted by Crippen LogP contribution is 2.29. The molecule has 1 aromatic heterocycles. The molecule has 2 amide bonds. The van der Waals surface area contributed by atoms with Gasteiger partial charge in [-0.15, -0.1) is 0 Å². The van der Waals surface area contributed by atoms with Crippen molar-refractivity contribution in [2.45, 2.75) is 6.18 Å². The van der Waals surface area contributed by atoms with Crippen LogP contribution in [0.1, 0.15) is 16.7 Å². The second kappa shape index (κ2) is 9.19. The Morgan fingerprint density at radius 2 is 1.93 bits per heavy atom. The number of hydrogen-bond donors (Lipinski definition) is 1. The highest BCUT2D eigenvalue weighted by molar-refractivity contribution is 5.75. The normalized spacial score (nSPS) is 13.8. The van der Waals surface area contributed by atoms with Gasteiger partial charge in [0.15, 0.2) is 0 Å². The van der Waals surface area contributed by atoms with Gasteiger partial charge >= 0.3 is 12.2 Å². The monoisotopic (exact) mass is 413 g/mol. The maximum atomic E-state index is 12.7. The summed E-state index contributed by atoms with van der Waals surface area (Å²) in [7, 11) is 0. The van der Waals surface area contributed by atoms with E-state index < -0.39 is 11.7 Å². The lowest BCUT2D eigenvalue weighted by Gasteiger charge is -2.35. The minimum absolute atomic E-state index is 0.0219. The van der Waals surface area contributed by atoms with Crippen molar-refractivity contribution < 1.29 is 18.0 Å². The number of halogens is 3. The third kappa shape index (κ3) is 5.21. The van der Waals surface area contributed by atoms with Crippen molar-refractivity contribution in [1.29, 1.82) is 5.26 Å². The van der Waals surface area contributed by atoms with Crippen LogP contribution in [0.15, 0.2) is 42.6 Å². The lowest BCUT2D eigenvalue weighted by Crippen LogP contribution is -2.52. The summed E-state index contributed by atoms with van der Waals surface area (Å²) in [6, 6.07) is 9.95. The van der Waals surface area contributed by atoms with Gasteiger partial charge in [-0.05, 0) is 30.3 Å². The number of rotatable bonds is 2. The van der Waals surface area contributed by atoms with Crippen molar-refractivity contribution in [2.75, 3.05) is 37.6 Å². The van der Waals surface area contributed by atoms with Crippen LogP contribution in [0.25, 0.3) is 0 Å². The molecule has 3 rings (SSSR count). The number of amides is 2. The van der Waals surface area contributed by atoms with E-state index in [1.54, 1.807) is 23.2 Å². The average Bonchev–Trinajstić information content (AvgIpc) is 2.76. The smallest absolute Gasteiger partial charge is 0.352 e. The van der Waals surface area contributed by atoms with E-state index in [2.05, 4.69) is 28.2 Å². The topological polar surface area (TPSA) is 72.3 Å². The van der Waals surface area contributed by atoms with Gasteiger partial charge in [-0.25, -0.2) is 9.78 Å². The summed E-state index contributed by atoms with van der Waals surface area (Å²) in [5, 5.41) is 11.8. The van der Waals surface area contributed by atoms with Crippen LogP contribution < -0.4 is 10.2 Å². The molecule has 0 spiro atoms. The van der Waals surface area contributed by atoms with Gasteiger partial charge in [0, 0.05) is 37.9 Å². The van der Waals surface area contributed by atoms with Crippen LogP contribution in [0.5, 0.6) is 0 Å². The minimum atomic E-state index is -4.42. The predicted octanol–water partition coefficient (Wildman–Crippen LogP) is 2.86. The van der Waals surface area contributed by atoms with Crippen molar-refractivity contribution in [3.8, 4) is 17.9 Å². The van der Waals surface area contributed by atoms with Gasteiger partial charge in [0.2, 0.25) is 0 Å². The second-order valence-corrected chi connectivity index (χ2v) is 6.50. The maximum absolute atomic E-state index is 12.7. The zero-order valence-electron chi connectivity index (χ0n) is 15.9. The first-order valence-electron chi connectivity index (χ1n) is 9.17. The maximum Gasteiger partial charge on any atom is 0.416 e. The van der Waals surface area contributed by atoms with E-state index in [4.69, 9.17) is 0 Å². The van der Waals surface area contributed by atoms with Gasteiger partial charge in [-0.1, -0.05) is 17.9 Å². The zero-order valence-corrected chi connectivity index (χ0v) is 15.9. The Kier molecular flexibility index (Phi) is 6.43. The molecule has 1 saturated heterocycles. The molecule has 1 aliphatic rings. The summed E-state index contributed by atoms with van der Waals surface area (Å²) in [4.78, 5) is 20.1. The number of benzene rings is 1. The minimum Gasteiger partial charge on any atom is -0.352 e. The first-order valence-corrected chi connectivity index (χ1v) is 9.17. The van der Waals surface area contributed by atoms with E-state index in [0.717, 1.165) is 12.1 Å². The molecule has 2 aromatic rings. The Hall–Kier alpha value is -3.72. The lowest BCUT2D eigenvalue weighted by atomic mass is 10.1. The molecule has 154 valence electrons. The Balaban J connectivity index is 1.50. The van der Waals surface area contributed by atoms with Gasteiger partial charge < -0.3 is 15.1 Å². The van der Waals surface area contributed by atoms with Crippen LogP contribution in [-0.4, -0.2) is 48.6 Å². The molecule has 1 N–H and O–H groups in total. The molecule has 0 atom stereocenters. The van der Waals surface area contributed by atoms with Crippen LogP contribution in [0.2, 0.25) is 0 Å². The van der Waals surface area contributed by atoms with Gasteiger partial charge in [0.05, 0.1) is 17.7 Å². The Labute approximate surface area is 171 Å². The van der Waals surface area contributed by atoms with Gasteiger partial charge in [-0.3, -0.25) is 0 Å². The number of nitriles is 1. The quantitative estimate of drug-likeness (QED) is 0.769. The Morgan fingerprint density at radius 3 is 2.63 bits per heavy atom. The number of alkyl halides is 3. The van der Waals surface area contributed by atoms with E-state index in [1.165, 1.54) is 12.1 Å². The summed E-state index contributed by atoms with van der Waals surface area (Å²) in [6.07, 6.45) is -2.80. The third-order valence-electron chi connectivity index (χ3n) is 4.52. The number of carbonyl (C=O) groups is 1. The van der Waals surface area contributed by atoms with Crippen molar-refractivity contribution in [2.24, 2.45) is 0 Å². The molecule has 0 bridgehead atoms. The van der Waals surface area contributed by atoms with Crippen molar-refractivity contribution in [3.63, 3.8) is 0 Å². The molecular formula is C21H18F3N5O. The number of anilines is 1. The standard InChI is InChI=1S/C21H18F3N5O/c22-21(23,24)18-7-1-4-16(14-18)5-2-9-27-20(30)29-12-10-28(11-13-29)19-17(15-25)6-3-8-26-19/h1,3-4,6-8,14H,9-13H2,(H,27,30). The van der Waals surface area contributed by atoms with Crippen LogP contribution in [0.3, 0.4) is 0 Å². The average molecular weight is 413 g/mol. The number of hydrogen-bond acceptors (Lipinski definition) is 4. The molecule has 1 fully saturated rings. The van der Waals surface area contributed by atoms with E-state index in [-0.39, 0.29) is 18.1 Å². The highest BCUT2D eigenvalue weighted by atomic mass is 19.4. The van der Waals surface area contributed by atoms with Crippen LogP contribution in [0, 0.1) is 23.2 Å². The largest absolute Gasteiger partial charge is 0.416 e. The number of urea groups is 1. The molecule has 1 aromatic carbocycles. The van der Waals surface area contributed by atoms with E-state index in [1.807, 2.05) is 4.90 Å². The number of carbonyl (C=O) groups excluding carboxylic acids is 1. The molecule has 0 saturated carbocycles. The second-order valence-electron chi connectivity index (χ2n) is 6.50. The number of pyridine rings is 1. The zero-order chi connectivity index (χ0) is 21.6. The third-order valence-corrected chi connectivity index (χ3v) is 4.52. The summed E-state index contributed by atoms with van der Waals surface area (Å²) < 4.78 is 38.1. The summed E-state index contributed by atoms with van der Waals surface area (Å²) >= 11 is 0. The Morgan fingerprint density at radius 1 is 1.17 bits per heavy atom. The molecule has 0 radical (unpaired) electrons. The van der Waals surface area contributed by atoms with Gasteiger partial charge in [0.1, 0.15) is 11.9 Å². The molecule has 30 heavy (non-hydrogen) atoms. The van der Waals surface area contributed by atoms with E-state index in [0.29, 0.717) is 37.6 Å². The van der Waals surface area contributed by atoms with Crippen molar-refractivity contribution in [3.05, 3.63) is 59.3 Å². The van der Waals surface area contributed by atoms with Gasteiger partial charge in [0.25, 0.3) is 0 Å². The lowest BCUT2D eigenvalue weighted by molar-refractivity contribution is -0.137. The number of nitrogens with zero attached hydrogens (tertiary/aromatic N) is 4. The number of aromatic nitrogens is 1. The predicted molar refractivity (Wildman–Crippen MR) is 104 cm³/mol. The first-order chi connectivity index (χ1) is 14.4. The molecule has 0 unspecified atom stereocenters. The summed E-state index contributed by atoms with van der Waals surface area (Å²) in [5.74, 6) is 5.90. The summed E-state index contributed by atoms with van der Waals surface area (Å²) in [6.45, 7) is 2.00. The van der Waals surface area contributed by atoms with Crippen LogP contribution in [-0.2, 0) is 6.18 Å². The SMILES string of the molecule is N#Cc1cccnc1N1CCN(C(=O)NCC#Cc2cccc(C(F)(F)F)c2)CC1. The molecule has 9 heteroatoms. The number of piperazine rings is 1. The van der Waals surface area contributed by atoms with Crippen molar-refractivity contribution >= 4 is 11.8 Å². The molecule has 2 heterocycles. The molecule has 0 aliphatic carbocycles. The molecular weight excluding hydrogens is 395 g/mol. The fraction of sp³-hybridized carbons (Fsp3) is 0.286. The fourth-order valence-electron chi connectivity index (χ4n) is 3.01. The first kappa shape index (κ1) is 21.0. The van der Waals surface area contributed by atoms with Gasteiger partial charge in [-0.2, -0.15) is 18.4 Å². The Bertz CT molecular complexity index is 1010. The van der Waals surface area contributed by atoms with Crippen molar-refractivity contribution in [1.82, 2.24) is 15.2 Å². The molecule has 6 nitrogen and oxygen atoms in total. The van der Waals surface area contributed by atoms with E-state index >= 15 is 0 Å².